The summed E-state index contributed by atoms with van der Waals surface area (Å²) >= 11 is 3.38. The van der Waals surface area contributed by atoms with E-state index < -0.39 is 6.10 Å². The number of nitrogens with zero attached hydrogens (tertiary/aromatic N) is 2. The van der Waals surface area contributed by atoms with Crippen molar-refractivity contribution in [3.8, 4) is 0 Å². The van der Waals surface area contributed by atoms with Gasteiger partial charge in [0, 0.05) is 37.2 Å². The summed E-state index contributed by atoms with van der Waals surface area (Å²) in [6.45, 7) is 3.36. The second-order valence-corrected chi connectivity index (χ2v) is 5.74. The van der Waals surface area contributed by atoms with Gasteiger partial charge in [-0.05, 0) is 17.7 Å². The zero-order valence-electron chi connectivity index (χ0n) is 11.5. The molecule has 1 atom stereocenters. The lowest BCUT2D eigenvalue weighted by atomic mass is 10.1. The van der Waals surface area contributed by atoms with Crippen molar-refractivity contribution >= 4 is 22.0 Å². The maximum Gasteiger partial charge on any atom is 0.409 e. The van der Waals surface area contributed by atoms with Crippen LogP contribution in [0.25, 0.3) is 0 Å². The number of piperazine rings is 1. The summed E-state index contributed by atoms with van der Waals surface area (Å²) in [4.78, 5) is 15.2. The first-order chi connectivity index (χ1) is 9.60. The molecule has 1 saturated heterocycles. The van der Waals surface area contributed by atoms with E-state index in [9.17, 15) is 9.90 Å². The molecule has 6 heteroatoms. The molecule has 0 aliphatic carbocycles. The Bertz CT molecular complexity index is 444. The number of halogens is 1. The molecule has 1 amide bonds. The van der Waals surface area contributed by atoms with Gasteiger partial charge in [0.2, 0.25) is 0 Å². The van der Waals surface area contributed by atoms with Crippen LogP contribution in [0.3, 0.4) is 0 Å². The minimum Gasteiger partial charge on any atom is -0.453 e. The number of methoxy groups -OCH3 is 1. The SMILES string of the molecule is COC(=O)N1CCN(CC(O)c2ccc(Br)cc2)CC1. The highest BCUT2D eigenvalue weighted by atomic mass is 79.9. The zero-order valence-corrected chi connectivity index (χ0v) is 13.0. The predicted molar refractivity (Wildman–Crippen MR) is 79.5 cm³/mol. The quantitative estimate of drug-likeness (QED) is 0.910. The summed E-state index contributed by atoms with van der Waals surface area (Å²) in [6, 6.07) is 7.68. The Kier molecular flexibility index (Phi) is 5.39. The highest BCUT2D eigenvalue weighted by Crippen LogP contribution is 2.18. The molecule has 1 fully saturated rings. The van der Waals surface area contributed by atoms with Crippen molar-refractivity contribution in [3.05, 3.63) is 34.3 Å². The van der Waals surface area contributed by atoms with E-state index in [4.69, 9.17) is 4.74 Å². The number of aliphatic hydroxyl groups is 1. The Morgan fingerprint density at radius 1 is 1.30 bits per heavy atom. The Balaban J connectivity index is 1.83. The van der Waals surface area contributed by atoms with Crippen molar-refractivity contribution in [1.82, 2.24) is 9.80 Å². The summed E-state index contributed by atoms with van der Waals surface area (Å²) in [5.74, 6) is 0. The van der Waals surface area contributed by atoms with E-state index in [1.165, 1.54) is 7.11 Å². The number of carbonyl (C=O) groups is 1. The number of hydrogen-bond acceptors (Lipinski definition) is 4. The van der Waals surface area contributed by atoms with Crippen molar-refractivity contribution in [2.75, 3.05) is 39.8 Å². The Labute approximate surface area is 127 Å². The van der Waals surface area contributed by atoms with Gasteiger partial charge in [-0.15, -0.1) is 0 Å². The van der Waals surface area contributed by atoms with E-state index in [0.717, 1.165) is 23.1 Å². The van der Waals surface area contributed by atoms with Gasteiger partial charge in [0.15, 0.2) is 0 Å². The second-order valence-electron chi connectivity index (χ2n) is 4.83. The van der Waals surface area contributed by atoms with Gasteiger partial charge in [0.1, 0.15) is 0 Å². The molecule has 1 N–H and O–H groups in total. The van der Waals surface area contributed by atoms with Gasteiger partial charge in [-0.25, -0.2) is 4.79 Å². The molecule has 1 aliphatic heterocycles. The van der Waals surface area contributed by atoms with Gasteiger partial charge in [0.25, 0.3) is 0 Å². The fourth-order valence-electron chi connectivity index (χ4n) is 2.28. The van der Waals surface area contributed by atoms with Crippen LogP contribution in [0.15, 0.2) is 28.7 Å². The minimum absolute atomic E-state index is 0.280. The third-order valence-corrected chi connectivity index (χ3v) is 4.02. The van der Waals surface area contributed by atoms with Crippen LogP contribution in [-0.4, -0.2) is 60.8 Å². The molecule has 1 aliphatic rings. The first-order valence-corrected chi connectivity index (χ1v) is 7.38. The van der Waals surface area contributed by atoms with E-state index in [0.29, 0.717) is 19.6 Å². The predicted octanol–water partition coefficient (Wildman–Crippen LogP) is 1.87. The maximum atomic E-state index is 11.4. The zero-order chi connectivity index (χ0) is 14.5. The molecule has 5 nitrogen and oxygen atoms in total. The number of ether oxygens (including phenoxy) is 1. The van der Waals surface area contributed by atoms with E-state index in [-0.39, 0.29) is 6.09 Å². The number of carbonyl (C=O) groups excluding carboxylic acids is 1. The molecule has 1 aromatic rings. The lowest BCUT2D eigenvalue weighted by molar-refractivity contribution is 0.0635. The van der Waals surface area contributed by atoms with Crippen molar-refractivity contribution < 1.29 is 14.6 Å². The lowest BCUT2D eigenvalue weighted by Gasteiger charge is -2.34. The average molecular weight is 343 g/mol. The van der Waals surface area contributed by atoms with Crippen LogP contribution in [0.5, 0.6) is 0 Å². The molecule has 1 unspecified atom stereocenters. The Morgan fingerprint density at radius 3 is 2.45 bits per heavy atom. The summed E-state index contributed by atoms with van der Waals surface area (Å²) in [5, 5.41) is 10.2. The largest absolute Gasteiger partial charge is 0.453 e. The normalized spacial score (nSPS) is 17.9. The third kappa shape index (κ3) is 3.94. The van der Waals surface area contributed by atoms with E-state index in [1.807, 2.05) is 24.3 Å². The maximum absolute atomic E-state index is 11.4. The van der Waals surface area contributed by atoms with Gasteiger partial charge in [0.05, 0.1) is 13.2 Å². The molecule has 20 heavy (non-hydrogen) atoms. The van der Waals surface area contributed by atoms with Crippen LogP contribution in [0.2, 0.25) is 0 Å². The average Bonchev–Trinajstić information content (AvgIpc) is 2.48. The fourth-order valence-corrected chi connectivity index (χ4v) is 2.54. The number of amides is 1. The van der Waals surface area contributed by atoms with Crippen molar-refractivity contribution in [3.63, 3.8) is 0 Å². The first-order valence-electron chi connectivity index (χ1n) is 6.59. The molecule has 2 rings (SSSR count). The molecule has 1 heterocycles. The van der Waals surface area contributed by atoms with Crippen LogP contribution < -0.4 is 0 Å². The minimum atomic E-state index is -0.507. The van der Waals surface area contributed by atoms with Crippen molar-refractivity contribution in [1.29, 1.82) is 0 Å². The van der Waals surface area contributed by atoms with Gasteiger partial charge >= 0.3 is 6.09 Å². The highest BCUT2D eigenvalue weighted by Gasteiger charge is 2.23. The first kappa shape index (κ1) is 15.3. The molecule has 110 valence electrons. The molecular formula is C14H19BrN2O3. The summed E-state index contributed by atoms with van der Waals surface area (Å²) in [7, 11) is 1.39. The third-order valence-electron chi connectivity index (χ3n) is 3.49. The van der Waals surface area contributed by atoms with Crippen molar-refractivity contribution in [2.45, 2.75) is 6.10 Å². The van der Waals surface area contributed by atoms with Crippen LogP contribution in [0.4, 0.5) is 4.79 Å². The van der Waals surface area contributed by atoms with Gasteiger partial charge in [-0.3, -0.25) is 4.90 Å². The monoisotopic (exact) mass is 342 g/mol. The number of hydrogen-bond donors (Lipinski definition) is 1. The molecule has 1 aromatic carbocycles. The van der Waals surface area contributed by atoms with Gasteiger partial charge in [-0.1, -0.05) is 28.1 Å². The molecule has 0 radical (unpaired) electrons. The van der Waals surface area contributed by atoms with Gasteiger partial charge in [-0.2, -0.15) is 0 Å². The number of aliphatic hydroxyl groups excluding tert-OH is 1. The summed E-state index contributed by atoms with van der Waals surface area (Å²) < 4.78 is 5.70. The second kappa shape index (κ2) is 7.06. The lowest BCUT2D eigenvalue weighted by Crippen LogP contribution is -2.49. The number of rotatable bonds is 3. The highest BCUT2D eigenvalue weighted by molar-refractivity contribution is 9.10. The van der Waals surface area contributed by atoms with Crippen LogP contribution in [0.1, 0.15) is 11.7 Å². The van der Waals surface area contributed by atoms with Crippen LogP contribution in [-0.2, 0) is 4.74 Å². The molecule has 0 bridgehead atoms. The van der Waals surface area contributed by atoms with E-state index in [2.05, 4.69) is 20.8 Å². The summed E-state index contributed by atoms with van der Waals surface area (Å²) in [6.07, 6.45) is -0.786. The van der Waals surface area contributed by atoms with E-state index >= 15 is 0 Å². The molecule has 0 aromatic heterocycles. The molecular weight excluding hydrogens is 324 g/mol. The van der Waals surface area contributed by atoms with Gasteiger partial charge < -0.3 is 14.7 Å². The van der Waals surface area contributed by atoms with Crippen molar-refractivity contribution in [2.24, 2.45) is 0 Å². The topological polar surface area (TPSA) is 53.0 Å². The number of benzene rings is 1. The van der Waals surface area contributed by atoms with Crippen LogP contribution in [0, 0.1) is 0 Å². The molecule has 0 saturated carbocycles. The Hall–Kier alpha value is -1.11. The van der Waals surface area contributed by atoms with E-state index in [1.54, 1.807) is 4.90 Å². The smallest absolute Gasteiger partial charge is 0.409 e. The fraction of sp³-hybridized carbons (Fsp3) is 0.500. The summed E-state index contributed by atoms with van der Waals surface area (Å²) in [5.41, 5.74) is 0.906. The van der Waals surface area contributed by atoms with Crippen LogP contribution >= 0.6 is 15.9 Å². The Morgan fingerprint density at radius 2 is 1.90 bits per heavy atom. The standard InChI is InChI=1S/C14H19BrN2O3/c1-20-14(19)17-8-6-16(7-9-17)10-13(18)11-2-4-12(15)5-3-11/h2-5,13,18H,6-10H2,1H3. The molecule has 0 spiro atoms. The number of β-amino-alcohol motifs (C(OH)–C–C–N with tert-alkyl or cyclic N) is 1.